The van der Waals surface area contributed by atoms with Crippen LogP contribution in [-0.4, -0.2) is 45.4 Å². The van der Waals surface area contributed by atoms with Gasteiger partial charge in [0.2, 0.25) is 5.95 Å². The van der Waals surface area contributed by atoms with Crippen LogP contribution in [0.5, 0.6) is 0 Å². The summed E-state index contributed by atoms with van der Waals surface area (Å²) in [6.07, 6.45) is -0.377. The van der Waals surface area contributed by atoms with Gasteiger partial charge in [0, 0.05) is 25.7 Å². The normalized spacial score (nSPS) is 17.0. The number of nitriles is 1. The Kier molecular flexibility index (Phi) is 9.42. The number of anilines is 1. The molecule has 2 atom stereocenters. The number of carbonyl (C=O) groups is 2. The summed E-state index contributed by atoms with van der Waals surface area (Å²) in [5.41, 5.74) is 2.35. The van der Waals surface area contributed by atoms with Crippen molar-refractivity contribution in [3.63, 3.8) is 0 Å². The van der Waals surface area contributed by atoms with E-state index in [-0.39, 0.29) is 50.1 Å². The van der Waals surface area contributed by atoms with Gasteiger partial charge in [0.25, 0.3) is 18.2 Å². The first-order valence-corrected chi connectivity index (χ1v) is 15.2. The summed E-state index contributed by atoms with van der Waals surface area (Å²) in [4.78, 5) is 32.8. The van der Waals surface area contributed by atoms with E-state index in [0.717, 1.165) is 22.4 Å². The molecule has 0 unspecified atom stereocenters. The van der Waals surface area contributed by atoms with Gasteiger partial charge in [0.15, 0.2) is 0 Å². The number of hydrogen-bond donors (Lipinski definition) is 2. The highest BCUT2D eigenvalue weighted by Crippen LogP contribution is 2.33. The van der Waals surface area contributed by atoms with E-state index in [2.05, 4.69) is 44.4 Å². The monoisotopic (exact) mass is 610 g/mol. The van der Waals surface area contributed by atoms with E-state index in [4.69, 9.17) is 4.98 Å². The van der Waals surface area contributed by atoms with Crippen molar-refractivity contribution < 1.29 is 18.4 Å². The zero-order valence-electron chi connectivity index (χ0n) is 25.8. The quantitative estimate of drug-likeness (QED) is 0.210. The Morgan fingerprint density at radius 3 is 2.51 bits per heavy atom. The van der Waals surface area contributed by atoms with Gasteiger partial charge in [-0.3, -0.25) is 14.9 Å². The number of alkyl halides is 2. The van der Waals surface area contributed by atoms with Crippen LogP contribution in [0.15, 0.2) is 42.0 Å². The van der Waals surface area contributed by atoms with Gasteiger partial charge >= 0.3 is 0 Å². The topological polar surface area (TPSA) is 103 Å². The summed E-state index contributed by atoms with van der Waals surface area (Å²) in [6, 6.07) is 10.7. The van der Waals surface area contributed by atoms with Crippen molar-refractivity contribution in [3.8, 4) is 6.07 Å². The molecule has 230 valence electrons. The minimum atomic E-state index is -2.66. The second kappa shape index (κ2) is 12.5. The molecule has 1 aliphatic heterocycles. The van der Waals surface area contributed by atoms with E-state index < -0.39 is 12.3 Å². The van der Waals surface area contributed by atoms with Crippen molar-refractivity contribution in [1.29, 1.82) is 5.26 Å². The molecule has 1 saturated heterocycles. The summed E-state index contributed by atoms with van der Waals surface area (Å²) < 4.78 is 28.3. The van der Waals surface area contributed by atoms with Gasteiger partial charge in [0.1, 0.15) is 11.6 Å². The number of nitrogens with one attached hydrogen (secondary N) is 2. The lowest BCUT2D eigenvalue weighted by atomic mass is 9.88. The van der Waals surface area contributed by atoms with Crippen LogP contribution >= 0.6 is 11.3 Å². The van der Waals surface area contributed by atoms with Crippen molar-refractivity contribution in [2.24, 2.45) is 10.8 Å². The van der Waals surface area contributed by atoms with Crippen molar-refractivity contribution in [3.05, 3.63) is 57.3 Å². The number of hydrogen-bond acceptors (Lipinski definition) is 6. The van der Waals surface area contributed by atoms with Crippen molar-refractivity contribution in [2.45, 2.75) is 79.9 Å². The Bertz CT molecular complexity index is 1570. The van der Waals surface area contributed by atoms with Gasteiger partial charge in [-0.2, -0.15) is 5.26 Å². The van der Waals surface area contributed by atoms with Crippen LogP contribution < -0.4 is 10.6 Å². The fourth-order valence-electron chi connectivity index (χ4n) is 4.93. The molecule has 3 aromatic rings. The Labute approximate surface area is 255 Å². The lowest BCUT2D eigenvalue weighted by Gasteiger charge is -2.28. The number of rotatable bonds is 8. The average molecular weight is 611 g/mol. The Morgan fingerprint density at radius 2 is 1.91 bits per heavy atom. The lowest BCUT2D eigenvalue weighted by Crippen LogP contribution is -2.37. The molecule has 2 N–H and O–H groups in total. The summed E-state index contributed by atoms with van der Waals surface area (Å²) in [5.74, 6) is -0.570. The molecule has 2 amide bonds. The predicted molar refractivity (Wildman–Crippen MR) is 166 cm³/mol. The molecule has 0 radical (unpaired) electrons. The van der Waals surface area contributed by atoms with E-state index in [1.54, 1.807) is 11.0 Å². The standard InChI is InChI=1S/C32H40F2N6O2S/c1-19(32(5,6)7)36-17-20-8-9-24-23(14-20)37-30(38-28(41)26-11-10-25(43-26)27(33)34)40(24)22-12-13-39(18-22)29(42)21(16-35)15-31(2,3)4/h8-11,14-15,19,22,27,36H,12-13,17-18H2,1-7H3,(H,37,38,41)/b21-15+/t19-,22+/m0/s1. The molecule has 8 nitrogen and oxygen atoms in total. The van der Waals surface area contributed by atoms with Crippen LogP contribution in [0.3, 0.4) is 0 Å². The van der Waals surface area contributed by atoms with Gasteiger partial charge in [-0.1, -0.05) is 53.7 Å². The molecule has 1 fully saturated rings. The minimum absolute atomic E-state index is 0.0916. The van der Waals surface area contributed by atoms with Crippen LogP contribution in [0, 0.1) is 22.2 Å². The van der Waals surface area contributed by atoms with Gasteiger partial charge in [-0.15, -0.1) is 11.3 Å². The number of carbonyl (C=O) groups excluding carboxylic acids is 2. The molecule has 0 saturated carbocycles. The summed E-state index contributed by atoms with van der Waals surface area (Å²) in [7, 11) is 0. The number of amides is 2. The third-order valence-corrected chi connectivity index (χ3v) is 8.79. The number of thiophene rings is 1. The largest absolute Gasteiger partial charge is 0.336 e. The van der Waals surface area contributed by atoms with Crippen molar-refractivity contribution in [1.82, 2.24) is 19.8 Å². The molecular weight excluding hydrogens is 570 g/mol. The molecule has 3 heterocycles. The van der Waals surface area contributed by atoms with Crippen LogP contribution in [0.1, 0.15) is 87.5 Å². The van der Waals surface area contributed by atoms with Crippen LogP contribution in [-0.2, 0) is 11.3 Å². The summed E-state index contributed by atoms with van der Waals surface area (Å²) in [5, 5.41) is 16.1. The molecule has 11 heteroatoms. The van der Waals surface area contributed by atoms with Gasteiger partial charge in [0.05, 0.1) is 26.8 Å². The minimum Gasteiger partial charge on any atom is -0.336 e. The van der Waals surface area contributed by atoms with E-state index in [0.29, 0.717) is 31.6 Å². The second-order valence-electron chi connectivity index (χ2n) is 13.3. The number of nitrogens with zero attached hydrogens (tertiary/aromatic N) is 4. The molecule has 0 bridgehead atoms. The van der Waals surface area contributed by atoms with E-state index in [1.807, 2.05) is 43.5 Å². The molecule has 0 aliphatic carbocycles. The number of imidazole rings is 1. The third kappa shape index (κ3) is 7.67. The Hall–Kier alpha value is -3.62. The van der Waals surface area contributed by atoms with Gasteiger partial charge in [-0.25, -0.2) is 13.8 Å². The second-order valence-corrected chi connectivity index (χ2v) is 14.4. The molecule has 1 aromatic carbocycles. The fraction of sp³-hybridized carbons (Fsp3) is 0.500. The maximum Gasteiger partial charge on any atom is 0.272 e. The van der Waals surface area contributed by atoms with E-state index in [1.165, 1.54) is 12.1 Å². The number of likely N-dealkylation sites (tertiary alicyclic amines) is 1. The molecule has 0 spiro atoms. The highest BCUT2D eigenvalue weighted by molar-refractivity contribution is 7.14. The smallest absolute Gasteiger partial charge is 0.272 e. The first kappa shape index (κ1) is 32.3. The number of aromatic nitrogens is 2. The van der Waals surface area contributed by atoms with Gasteiger partial charge < -0.3 is 14.8 Å². The molecule has 1 aliphatic rings. The van der Waals surface area contributed by atoms with Gasteiger partial charge in [-0.05, 0) is 54.0 Å². The van der Waals surface area contributed by atoms with Crippen molar-refractivity contribution >= 4 is 40.1 Å². The van der Waals surface area contributed by atoms with Crippen LogP contribution in [0.25, 0.3) is 11.0 Å². The summed E-state index contributed by atoms with van der Waals surface area (Å²) in [6.45, 7) is 15.9. The predicted octanol–water partition coefficient (Wildman–Crippen LogP) is 7.08. The maximum absolute atomic E-state index is 13.3. The first-order chi connectivity index (χ1) is 20.1. The number of allylic oxidation sites excluding steroid dienone is 1. The molecule has 4 rings (SSSR count). The number of benzene rings is 1. The zero-order chi connectivity index (χ0) is 31.7. The first-order valence-electron chi connectivity index (χ1n) is 14.4. The Morgan fingerprint density at radius 1 is 1.19 bits per heavy atom. The van der Waals surface area contributed by atoms with Crippen LogP contribution in [0.2, 0.25) is 0 Å². The maximum atomic E-state index is 13.3. The highest BCUT2D eigenvalue weighted by atomic mass is 32.1. The third-order valence-electron chi connectivity index (χ3n) is 7.70. The van der Waals surface area contributed by atoms with E-state index in [9.17, 15) is 23.6 Å². The van der Waals surface area contributed by atoms with E-state index >= 15 is 0 Å². The molecule has 43 heavy (non-hydrogen) atoms. The van der Waals surface area contributed by atoms with Crippen LogP contribution in [0.4, 0.5) is 14.7 Å². The lowest BCUT2D eigenvalue weighted by molar-refractivity contribution is -0.125. The zero-order valence-corrected chi connectivity index (χ0v) is 26.6. The van der Waals surface area contributed by atoms with Crippen molar-refractivity contribution in [2.75, 3.05) is 18.4 Å². The molecule has 2 aromatic heterocycles. The average Bonchev–Trinajstić information content (AvgIpc) is 3.67. The summed E-state index contributed by atoms with van der Waals surface area (Å²) >= 11 is 0.744. The highest BCUT2D eigenvalue weighted by Gasteiger charge is 2.33. The number of fused-ring (bicyclic) bond motifs is 1. The SMILES string of the molecule is C[C@H](NCc1ccc2c(c1)nc(NC(=O)c1ccc(C(F)F)s1)n2[C@@H]1CCN(C(=O)/C(C#N)=C/C(C)(C)C)C1)C(C)(C)C. The Balaban J connectivity index is 1.66. The molecular formula is C32H40F2N6O2S. The fourth-order valence-corrected chi connectivity index (χ4v) is 5.69. The number of halogens is 2.